The predicted octanol–water partition coefficient (Wildman–Crippen LogP) is 1.22. The van der Waals surface area contributed by atoms with Gasteiger partial charge in [0.15, 0.2) is 0 Å². The van der Waals surface area contributed by atoms with E-state index in [1.807, 2.05) is 35.4 Å². The van der Waals surface area contributed by atoms with Crippen LogP contribution in [0.4, 0.5) is 0 Å². The Balaban J connectivity index is 1.74. The highest BCUT2D eigenvalue weighted by atomic mass is 16.2. The molecule has 0 radical (unpaired) electrons. The summed E-state index contributed by atoms with van der Waals surface area (Å²) in [4.78, 5) is 31.3. The number of carbonyl (C=O) groups excluding carboxylic acids is 2. The van der Waals surface area contributed by atoms with Crippen molar-refractivity contribution in [3.63, 3.8) is 0 Å². The molecule has 7 heteroatoms. The van der Waals surface area contributed by atoms with E-state index in [1.165, 1.54) is 5.56 Å². The first kappa shape index (κ1) is 19.9. The Morgan fingerprint density at radius 3 is 2.56 bits per heavy atom. The van der Waals surface area contributed by atoms with E-state index in [0.29, 0.717) is 19.5 Å². The Bertz CT molecular complexity index is 728. The van der Waals surface area contributed by atoms with Crippen LogP contribution >= 0.6 is 0 Å². The van der Waals surface area contributed by atoms with Crippen LogP contribution < -0.4 is 0 Å². The molecule has 0 saturated carbocycles. The van der Waals surface area contributed by atoms with Crippen molar-refractivity contribution in [1.29, 1.82) is 0 Å². The Labute approximate surface area is 162 Å². The molecule has 0 aromatic carbocycles. The van der Waals surface area contributed by atoms with Gasteiger partial charge in [-0.05, 0) is 45.7 Å². The highest BCUT2D eigenvalue weighted by Gasteiger charge is 2.42. The maximum absolute atomic E-state index is 13.0. The minimum atomic E-state index is -0.0992. The molecule has 1 spiro atoms. The second-order valence-electron chi connectivity index (χ2n) is 8.19. The number of aryl methyl sites for hydroxylation is 1. The molecule has 0 bridgehead atoms. The zero-order valence-corrected chi connectivity index (χ0v) is 17.4. The van der Waals surface area contributed by atoms with Gasteiger partial charge in [-0.3, -0.25) is 19.2 Å². The lowest BCUT2D eigenvalue weighted by atomic mass is 9.86. The van der Waals surface area contributed by atoms with Crippen molar-refractivity contribution in [3.05, 3.63) is 17.0 Å². The number of nitrogens with zero attached hydrogens (tertiary/aromatic N) is 5. The summed E-state index contributed by atoms with van der Waals surface area (Å²) in [5.41, 5.74) is 3.25. The average Bonchev–Trinajstić information content (AvgIpc) is 2.82. The Morgan fingerprint density at radius 2 is 1.89 bits per heavy atom. The maximum Gasteiger partial charge on any atom is 0.244 e. The lowest BCUT2D eigenvalue weighted by Gasteiger charge is -2.49. The second-order valence-corrected chi connectivity index (χ2v) is 8.19. The van der Waals surface area contributed by atoms with Crippen LogP contribution in [0, 0.1) is 13.8 Å². The zero-order valence-electron chi connectivity index (χ0n) is 17.4. The predicted molar refractivity (Wildman–Crippen MR) is 105 cm³/mol. The van der Waals surface area contributed by atoms with Crippen LogP contribution in [0.5, 0.6) is 0 Å². The molecule has 2 saturated heterocycles. The number of likely N-dealkylation sites (N-methyl/N-ethyl adjacent to an activating group) is 1. The van der Waals surface area contributed by atoms with Crippen molar-refractivity contribution in [1.82, 2.24) is 24.5 Å². The first-order valence-electron chi connectivity index (χ1n) is 10.0. The van der Waals surface area contributed by atoms with Gasteiger partial charge >= 0.3 is 0 Å². The first-order valence-corrected chi connectivity index (χ1v) is 10.0. The highest BCUT2D eigenvalue weighted by molar-refractivity contribution is 5.77. The number of rotatable bonds is 3. The molecule has 2 aliphatic rings. The molecule has 1 aromatic heterocycles. The molecule has 2 aliphatic heterocycles. The van der Waals surface area contributed by atoms with Gasteiger partial charge in [0.2, 0.25) is 11.8 Å². The first-order chi connectivity index (χ1) is 12.8. The summed E-state index contributed by atoms with van der Waals surface area (Å²) in [7, 11) is 4.01. The summed E-state index contributed by atoms with van der Waals surface area (Å²) >= 11 is 0. The zero-order chi connectivity index (χ0) is 19.8. The minimum absolute atomic E-state index is 0.0992. The number of likely N-dealkylation sites (tertiary alicyclic amines) is 1. The fraction of sp³-hybridized carbons (Fsp3) is 0.750. The molecule has 0 aliphatic carbocycles. The smallest absolute Gasteiger partial charge is 0.244 e. The van der Waals surface area contributed by atoms with E-state index in [2.05, 4.69) is 24.0 Å². The summed E-state index contributed by atoms with van der Waals surface area (Å²) in [6.45, 7) is 9.51. The summed E-state index contributed by atoms with van der Waals surface area (Å²) in [6.07, 6.45) is 3.22. The Kier molecular flexibility index (Phi) is 5.60. The van der Waals surface area contributed by atoms with Gasteiger partial charge in [-0.15, -0.1) is 0 Å². The van der Waals surface area contributed by atoms with Gasteiger partial charge in [-0.2, -0.15) is 5.10 Å². The normalized spacial score (nSPS) is 24.6. The Hall–Kier alpha value is -1.89. The lowest BCUT2D eigenvalue weighted by molar-refractivity contribution is -0.137. The molecule has 1 aromatic rings. The number of hydrogen-bond acceptors (Lipinski definition) is 4. The number of carbonyl (C=O) groups is 2. The third kappa shape index (κ3) is 3.74. The maximum atomic E-state index is 13.0. The van der Waals surface area contributed by atoms with Crippen LogP contribution in [0.25, 0.3) is 0 Å². The van der Waals surface area contributed by atoms with E-state index in [9.17, 15) is 9.59 Å². The van der Waals surface area contributed by atoms with E-state index in [1.54, 1.807) is 0 Å². The molecule has 3 heterocycles. The summed E-state index contributed by atoms with van der Waals surface area (Å²) in [5.74, 6) is 0.332. The van der Waals surface area contributed by atoms with E-state index in [4.69, 9.17) is 0 Å². The van der Waals surface area contributed by atoms with Crippen LogP contribution in [-0.2, 0) is 22.6 Å². The molecule has 0 unspecified atom stereocenters. The van der Waals surface area contributed by atoms with Gasteiger partial charge in [0.1, 0.15) is 6.54 Å². The molecule has 150 valence electrons. The van der Waals surface area contributed by atoms with Crippen LogP contribution in [0.2, 0.25) is 0 Å². The van der Waals surface area contributed by atoms with Gasteiger partial charge in [0.25, 0.3) is 0 Å². The molecular formula is C20H33N5O2. The fourth-order valence-corrected chi connectivity index (χ4v) is 4.60. The third-order valence-corrected chi connectivity index (χ3v) is 6.67. The minimum Gasteiger partial charge on any atom is -0.346 e. The van der Waals surface area contributed by atoms with E-state index in [0.717, 1.165) is 50.3 Å². The van der Waals surface area contributed by atoms with Crippen molar-refractivity contribution in [2.75, 3.05) is 40.3 Å². The van der Waals surface area contributed by atoms with Crippen molar-refractivity contribution in [2.45, 2.75) is 58.5 Å². The van der Waals surface area contributed by atoms with Gasteiger partial charge in [-0.1, -0.05) is 6.92 Å². The molecule has 3 rings (SSSR count). The van der Waals surface area contributed by atoms with E-state index in [-0.39, 0.29) is 17.4 Å². The monoisotopic (exact) mass is 375 g/mol. The van der Waals surface area contributed by atoms with Crippen molar-refractivity contribution >= 4 is 11.8 Å². The fourth-order valence-electron chi connectivity index (χ4n) is 4.60. The second kappa shape index (κ2) is 7.62. The van der Waals surface area contributed by atoms with Gasteiger partial charge in [0.05, 0.1) is 5.69 Å². The SMILES string of the molecule is CCc1c(C)nn(CC(=O)N2CCN(C)[C@@]3(CCC(=O)N(C)CC3)C2)c1C. The summed E-state index contributed by atoms with van der Waals surface area (Å²) in [5, 5.41) is 4.58. The standard InChI is InChI=1S/C20H33N5O2/c1-6-17-15(2)21-25(16(17)3)13-19(27)24-12-11-23(5)20(14-24)8-7-18(26)22(4)10-9-20/h6-14H2,1-5H3/t20-/m1/s1. The molecule has 0 N–H and O–H groups in total. The van der Waals surface area contributed by atoms with Crippen LogP contribution in [0.1, 0.15) is 43.1 Å². The topological polar surface area (TPSA) is 61.7 Å². The Morgan fingerprint density at radius 1 is 1.15 bits per heavy atom. The molecule has 2 fully saturated rings. The van der Waals surface area contributed by atoms with Gasteiger partial charge in [-0.25, -0.2) is 0 Å². The van der Waals surface area contributed by atoms with Crippen LogP contribution in [0.3, 0.4) is 0 Å². The number of hydrogen-bond donors (Lipinski definition) is 0. The van der Waals surface area contributed by atoms with Crippen molar-refractivity contribution in [3.8, 4) is 0 Å². The molecular weight excluding hydrogens is 342 g/mol. The largest absolute Gasteiger partial charge is 0.346 e. The van der Waals surface area contributed by atoms with E-state index < -0.39 is 0 Å². The molecule has 2 amide bonds. The van der Waals surface area contributed by atoms with Crippen LogP contribution in [0.15, 0.2) is 0 Å². The van der Waals surface area contributed by atoms with Crippen molar-refractivity contribution in [2.24, 2.45) is 0 Å². The number of aromatic nitrogens is 2. The number of amides is 2. The van der Waals surface area contributed by atoms with Gasteiger partial charge in [0, 0.05) is 50.9 Å². The number of piperazine rings is 1. The lowest BCUT2D eigenvalue weighted by Crippen LogP contribution is -2.62. The average molecular weight is 376 g/mol. The third-order valence-electron chi connectivity index (χ3n) is 6.67. The highest BCUT2D eigenvalue weighted by Crippen LogP contribution is 2.32. The summed E-state index contributed by atoms with van der Waals surface area (Å²) < 4.78 is 1.85. The quantitative estimate of drug-likeness (QED) is 0.797. The van der Waals surface area contributed by atoms with E-state index >= 15 is 0 Å². The molecule has 7 nitrogen and oxygen atoms in total. The molecule has 27 heavy (non-hydrogen) atoms. The molecule has 1 atom stereocenters. The van der Waals surface area contributed by atoms with Crippen LogP contribution in [-0.4, -0.2) is 82.1 Å². The summed E-state index contributed by atoms with van der Waals surface area (Å²) in [6, 6.07) is 0. The van der Waals surface area contributed by atoms with Crippen molar-refractivity contribution < 1.29 is 9.59 Å². The van der Waals surface area contributed by atoms with Gasteiger partial charge < -0.3 is 9.80 Å².